The van der Waals surface area contributed by atoms with Crippen LogP contribution in [0.25, 0.3) is 0 Å². The lowest BCUT2D eigenvalue weighted by atomic mass is 10.2. The molecule has 20 heavy (non-hydrogen) atoms. The predicted octanol–water partition coefficient (Wildman–Crippen LogP) is 0.989. The predicted molar refractivity (Wildman–Crippen MR) is 79.2 cm³/mol. The zero-order chi connectivity index (χ0) is 14.4. The van der Waals surface area contributed by atoms with Gasteiger partial charge in [-0.3, -0.25) is 4.99 Å². The number of nitrogens with one attached hydrogen (secondary N) is 2. The molecule has 0 bridgehead atoms. The van der Waals surface area contributed by atoms with Gasteiger partial charge in [-0.2, -0.15) is 0 Å². The maximum Gasteiger partial charge on any atom is 0.191 e. The second kappa shape index (κ2) is 6.70. The third kappa shape index (κ3) is 3.57. The summed E-state index contributed by atoms with van der Waals surface area (Å²) in [4.78, 5) is 4.19. The zero-order valence-corrected chi connectivity index (χ0v) is 12.1. The van der Waals surface area contributed by atoms with Crippen LogP contribution in [0.1, 0.15) is 17.2 Å². The van der Waals surface area contributed by atoms with E-state index in [0.29, 0.717) is 6.54 Å². The molecule has 0 aliphatic heterocycles. The highest BCUT2D eigenvalue weighted by Gasteiger charge is 2.05. The van der Waals surface area contributed by atoms with Crippen LogP contribution in [-0.2, 0) is 20.1 Å². The molecule has 0 fully saturated rings. The number of aryl methyl sites for hydroxylation is 1. The topological polar surface area (TPSA) is 67.1 Å². The van der Waals surface area contributed by atoms with E-state index in [-0.39, 0.29) is 0 Å². The van der Waals surface area contributed by atoms with Crippen LogP contribution in [0.15, 0.2) is 35.3 Å². The van der Waals surface area contributed by atoms with E-state index >= 15 is 0 Å². The second-order valence-corrected chi connectivity index (χ2v) is 4.49. The number of rotatable bonds is 4. The van der Waals surface area contributed by atoms with Crippen molar-refractivity contribution in [2.45, 2.75) is 20.0 Å². The number of hydrogen-bond acceptors (Lipinski definition) is 3. The van der Waals surface area contributed by atoms with Crippen LogP contribution >= 0.6 is 0 Å². The standard InChI is InChI=1S/C14H20N6/c1-11-18-19-13(20(11)3)10-17-14(15-2)16-9-12-7-5-4-6-8-12/h4-8H,9-10H2,1-3H3,(H2,15,16,17). The zero-order valence-electron chi connectivity index (χ0n) is 12.1. The van der Waals surface area contributed by atoms with Gasteiger partial charge in [-0.25, -0.2) is 0 Å². The van der Waals surface area contributed by atoms with Gasteiger partial charge in [0.1, 0.15) is 5.82 Å². The van der Waals surface area contributed by atoms with E-state index in [9.17, 15) is 0 Å². The summed E-state index contributed by atoms with van der Waals surface area (Å²) >= 11 is 0. The van der Waals surface area contributed by atoms with Crippen molar-refractivity contribution in [1.82, 2.24) is 25.4 Å². The van der Waals surface area contributed by atoms with Gasteiger partial charge in [-0.05, 0) is 12.5 Å². The van der Waals surface area contributed by atoms with Crippen molar-refractivity contribution in [3.8, 4) is 0 Å². The quantitative estimate of drug-likeness (QED) is 0.643. The Morgan fingerprint density at radius 2 is 1.85 bits per heavy atom. The number of hydrogen-bond donors (Lipinski definition) is 2. The smallest absolute Gasteiger partial charge is 0.191 e. The van der Waals surface area contributed by atoms with E-state index in [4.69, 9.17) is 0 Å². The average Bonchev–Trinajstić information content (AvgIpc) is 2.80. The SMILES string of the molecule is CN=C(NCc1ccccc1)NCc1nnc(C)n1C. The molecule has 0 atom stereocenters. The van der Waals surface area contributed by atoms with Crippen molar-refractivity contribution < 1.29 is 0 Å². The summed E-state index contributed by atoms with van der Waals surface area (Å²) in [6.07, 6.45) is 0. The summed E-state index contributed by atoms with van der Waals surface area (Å²) in [6, 6.07) is 10.2. The van der Waals surface area contributed by atoms with E-state index in [1.54, 1.807) is 7.05 Å². The molecule has 106 valence electrons. The maximum absolute atomic E-state index is 4.19. The van der Waals surface area contributed by atoms with Crippen LogP contribution in [0.3, 0.4) is 0 Å². The van der Waals surface area contributed by atoms with Gasteiger partial charge in [-0.15, -0.1) is 10.2 Å². The van der Waals surface area contributed by atoms with Crippen molar-refractivity contribution in [2.75, 3.05) is 7.05 Å². The molecule has 0 radical (unpaired) electrons. The molecular formula is C14H20N6. The van der Waals surface area contributed by atoms with Crippen molar-refractivity contribution in [3.63, 3.8) is 0 Å². The largest absolute Gasteiger partial charge is 0.352 e. The summed E-state index contributed by atoms with van der Waals surface area (Å²) in [5, 5.41) is 14.6. The molecule has 0 unspecified atom stereocenters. The first-order valence-electron chi connectivity index (χ1n) is 6.54. The van der Waals surface area contributed by atoms with Gasteiger partial charge in [0.25, 0.3) is 0 Å². The summed E-state index contributed by atoms with van der Waals surface area (Å²) in [7, 11) is 3.70. The minimum absolute atomic E-state index is 0.589. The molecular weight excluding hydrogens is 252 g/mol. The van der Waals surface area contributed by atoms with Crippen molar-refractivity contribution in [2.24, 2.45) is 12.0 Å². The summed E-state index contributed by atoms with van der Waals surface area (Å²) in [6.45, 7) is 3.25. The number of aliphatic imine (C=N–C) groups is 1. The number of aromatic nitrogens is 3. The van der Waals surface area contributed by atoms with Gasteiger partial charge in [0.2, 0.25) is 0 Å². The third-order valence-electron chi connectivity index (χ3n) is 3.12. The lowest BCUT2D eigenvalue weighted by Crippen LogP contribution is -2.36. The van der Waals surface area contributed by atoms with Crippen LogP contribution in [0.5, 0.6) is 0 Å². The van der Waals surface area contributed by atoms with Gasteiger partial charge < -0.3 is 15.2 Å². The molecule has 0 aliphatic rings. The highest BCUT2D eigenvalue weighted by Crippen LogP contribution is 1.98. The van der Waals surface area contributed by atoms with Crippen molar-refractivity contribution in [1.29, 1.82) is 0 Å². The molecule has 0 aliphatic carbocycles. The molecule has 1 aromatic carbocycles. The molecule has 0 spiro atoms. The van der Waals surface area contributed by atoms with E-state index in [2.05, 4.69) is 38.0 Å². The Morgan fingerprint density at radius 3 is 2.45 bits per heavy atom. The monoisotopic (exact) mass is 272 g/mol. The Bertz CT molecular complexity index is 573. The fourth-order valence-electron chi connectivity index (χ4n) is 1.77. The first-order valence-corrected chi connectivity index (χ1v) is 6.54. The molecule has 2 rings (SSSR count). The Balaban J connectivity index is 1.86. The highest BCUT2D eigenvalue weighted by molar-refractivity contribution is 5.79. The van der Waals surface area contributed by atoms with E-state index in [0.717, 1.165) is 24.2 Å². The second-order valence-electron chi connectivity index (χ2n) is 4.49. The molecule has 6 heteroatoms. The molecule has 0 saturated carbocycles. The molecule has 2 aromatic rings. The highest BCUT2D eigenvalue weighted by atomic mass is 15.3. The third-order valence-corrected chi connectivity index (χ3v) is 3.12. The molecule has 6 nitrogen and oxygen atoms in total. The van der Waals surface area contributed by atoms with Gasteiger partial charge in [-0.1, -0.05) is 30.3 Å². The van der Waals surface area contributed by atoms with Gasteiger partial charge in [0.15, 0.2) is 11.8 Å². The Labute approximate surface area is 119 Å². The van der Waals surface area contributed by atoms with Gasteiger partial charge >= 0.3 is 0 Å². The fraction of sp³-hybridized carbons (Fsp3) is 0.357. The molecule has 1 aromatic heterocycles. The molecule has 0 saturated heterocycles. The molecule has 0 amide bonds. The number of benzene rings is 1. The number of nitrogens with zero attached hydrogens (tertiary/aromatic N) is 4. The van der Waals surface area contributed by atoms with Crippen LogP contribution in [-0.4, -0.2) is 27.8 Å². The Kier molecular flexibility index (Phi) is 4.70. The summed E-state index contributed by atoms with van der Waals surface area (Å²) in [5.41, 5.74) is 1.21. The van der Waals surface area contributed by atoms with E-state index in [1.807, 2.05) is 36.7 Å². The molecule has 2 N–H and O–H groups in total. The Morgan fingerprint density at radius 1 is 1.15 bits per heavy atom. The van der Waals surface area contributed by atoms with Crippen LogP contribution in [0, 0.1) is 6.92 Å². The normalized spacial score (nSPS) is 11.4. The van der Waals surface area contributed by atoms with Gasteiger partial charge in [0, 0.05) is 20.6 Å². The first kappa shape index (κ1) is 14.0. The summed E-state index contributed by atoms with van der Waals surface area (Å²) in [5.74, 6) is 2.52. The van der Waals surface area contributed by atoms with Crippen molar-refractivity contribution in [3.05, 3.63) is 47.5 Å². The fourth-order valence-corrected chi connectivity index (χ4v) is 1.77. The average molecular weight is 272 g/mol. The van der Waals surface area contributed by atoms with E-state index < -0.39 is 0 Å². The lowest BCUT2D eigenvalue weighted by Gasteiger charge is -2.11. The minimum Gasteiger partial charge on any atom is -0.352 e. The van der Waals surface area contributed by atoms with Crippen LogP contribution in [0.4, 0.5) is 0 Å². The van der Waals surface area contributed by atoms with Gasteiger partial charge in [0.05, 0.1) is 6.54 Å². The number of guanidine groups is 1. The Hall–Kier alpha value is -2.37. The van der Waals surface area contributed by atoms with Crippen LogP contribution in [0.2, 0.25) is 0 Å². The van der Waals surface area contributed by atoms with Crippen LogP contribution < -0.4 is 10.6 Å². The van der Waals surface area contributed by atoms with E-state index in [1.165, 1.54) is 5.56 Å². The maximum atomic E-state index is 4.19. The summed E-state index contributed by atoms with van der Waals surface area (Å²) < 4.78 is 1.96. The van der Waals surface area contributed by atoms with Crippen molar-refractivity contribution >= 4 is 5.96 Å². The molecule has 1 heterocycles. The lowest BCUT2D eigenvalue weighted by molar-refractivity contribution is 0.717. The first-order chi connectivity index (χ1) is 9.70. The minimum atomic E-state index is 0.589.